The van der Waals surface area contributed by atoms with Gasteiger partial charge in [-0.05, 0) is 43.3 Å². The number of ketones is 1. The summed E-state index contributed by atoms with van der Waals surface area (Å²) < 4.78 is 10.7. The predicted molar refractivity (Wildman–Crippen MR) is 99.0 cm³/mol. The lowest BCUT2D eigenvalue weighted by Gasteiger charge is -2.35. The van der Waals surface area contributed by atoms with Crippen molar-refractivity contribution in [1.82, 2.24) is 9.80 Å². The van der Waals surface area contributed by atoms with Gasteiger partial charge in [-0.15, -0.1) is 0 Å². The summed E-state index contributed by atoms with van der Waals surface area (Å²) in [6.07, 6.45) is 0.859. The molecule has 144 valence electrons. The molecule has 0 radical (unpaired) electrons. The van der Waals surface area contributed by atoms with Gasteiger partial charge in [-0.1, -0.05) is 0 Å². The molecule has 1 amide bonds. The number of hydrogen-bond acceptors (Lipinski definition) is 6. The van der Waals surface area contributed by atoms with Gasteiger partial charge in [-0.3, -0.25) is 14.5 Å². The molecule has 7 heteroatoms. The van der Waals surface area contributed by atoms with Crippen LogP contribution in [0.5, 0.6) is 5.75 Å². The highest BCUT2D eigenvalue weighted by Crippen LogP contribution is 2.14. The number of carbonyl (C=O) groups is 2. The van der Waals surface area contributed by atoms with Crippen molar-refractivity contribution in [3.05, 3.63) is 54.0 Å². The summed E-state index contributed by atoms with van der Waals surface area (Å²) >= 11 is 0. The van der Waals surface area contributed by atoms with E-state index in [2.05, 4.69) is 4.90 Å². The number of ether oxygens (including phenoxy) is 1. The minimum absolute atomic E-state index is 0.00579. The molecule has 0 bridgehead atoms. The molecule has 1 saturated heterocycles. The first-order valence-electron chi connectivity index (χ1n) is 9.00. The van der Waals surface area contributed by atoms with Crippen LogP contribution in [-0.2, 0) is 0 Å². The van der Waals surface area contributed by atoms with Gasteiger partial charge in [-0.25, -0.2) is 0 Å². The zero-order valence-corrected chi connectivity index (χ0v) is 15.3. The maximum Gasteiger partial charge on any atom is 0.289 e. The molecule has 0 unspecified atom stereocenters. The van der Waals surface area contributed by atoms with Gasteiger partial charge in [0.05, 0.1) is 6.26 Å². The van der Waals surface area contributed by atoms with Crippen molar-refractivity contribution in [1.29, 1.82) is 0 Å². The number of Topliss-reactive ketones (excluding diaryl/α,β-unsaturated/α-hetero) is 1. The fraction of sp³-hybridized carbons (Fsp3) is 0.400. The quantitative estimate of drug-likeness (QED) is 0.745. The Morgan fingerprint density at radius 3 is 2.44 bits per heavy atom. The summed E-state index contributed by atoms with van der Waals surface area (Å²) in [6, 6.07) is 10.2. The Morgan fingerprint density at radius 1 is 1.15 bits per heavy atom. The lowest BCUT2D eigenvalue weighted by atomic mass is 10.1. The molecule has 1 aliphatic rings. The van der Waals surface area contributed by atoms with Crippen LogP contribution >= 0.6 is 0 Å². The van der Waals surface area contributed by atoms with E-state index in [-0.39, 0.29) is 18.3 Å². The first-order chi connectivity index (χ1) is 13.0. The maximum absolute atomic E-state index is 12.2. The Kier molecular flexibility index (Phi) is 6.26. The van der Waals surface area contributed by atoms with Crippen LogP contribution < -0.4 is 4.74 Å². The van der Waals surface area contributed by atoms with Gasteiger partial charge >= 0.3 is 0 Å². The molecule has 2 aromatic rings. The summed E-state index contributed by atoms with van der Waals surface area (Å²) in [4.78, 5) is 27.4. The number of rotatable bonds is 7. The maximum atomic E-state index is 12.2. The Morgan fingerprint density at radius 2 is 1.85 bits per heavy atom. The first kappa shape index (κ1) is 19.1. The number of hydrogen-bond donors (Lipinski definition) is 1. The minimum atomic E-state index is -0.634. The second kappa shape index (κ2) is 8.83. The van der Waals surface area contributed by atoms with E-state index in [1.54, 1.807) is 41.3 Å². The summed E-state index contributed by atoms with van der Waals surface area (Å²) in [5, 5.41) is 10.2. The fourth-order valence-electron chi connectivity index (χ4n) is 3.02. The molecule has 1 atom stereocenters. The van der Waals surface area contributed by atoms with Crippen molar-refractivity contribution in [3.63, 3.8) is 0 Å². The van der Waals surface area contributed by atoms with Crippen molar-refractivity contribution < 1.29 is 23.8 Å². The van der Waals surface area contributed by atoms with E-state index in [1.807, 2.05) is 0 Å². The van der Waals surface area contributed by atoms with Crippen molar-refractivity contribution in [2.45, 2.75) is 13.0 Å². The summed E-state index contributed by atoms with van der Waals surface area (Å²) in [5.74, 6) is 0.879. The molecule has 1 aliphatic heterocycles. The number of benzene rings is 1. The lowest BCUT2D eigenvalue weighted by Crippen LogP contribution is -2.50. The standard InChI is InChI=1S/C20H24N2O5/c1-15(23)16-4-6-18(7-5-16)27-14-17(24)13-21-8-10-22(11-9-21)20(25)19-3-2-12-26-19/h2-7,12,17,24H,8-11,13-14H2,1H3/t17-/m0/s1. The third-order valence-corrected chi connectivity index (χ3v) is 4.56. The molecule has 3 rings (SSSR count). The summed E-state index contributed by atoms with van der Waals surface area (Å²) in [6.45, 7) is 4.74. The third kappa shape index (κ3) is 5.18. The molecule has 1 aromatic heterocycles. The highest BCUT2D eigenvalue weighted by molar-refractivity contribution is 5.94. The zero-order chi connectivity index (χ0) is 19.2. The monoisotopic (exact) mass is 372 g/mol. The SMILES string of the molecule is CC(=O)c1ccc(OC[C@@H](O)CN2CCN(C(=O)c3ccco3)CC2)cc1. The molecule has 1 aromatic carbocycles. The largest absolute Gasteiger partial charge is 0.491 e. The van der Waals surface area contributed by atoms with Crippen molar-refractivity contribution >= 4 is 11.7 Å². The summed E-state index contributed by atoms with van der Waals surface area (Å²) in [7, 11) is 0. The molecule has 1 fully saturated rings. The van der Waals surface area contributed by atoms with E-state index in [9.17, 15) is 14.7 Å². The van der Waals surface area contributed by atoms with Crippen LogP contribution in [0.3, 0.4) is 0 Å². The average Bonchev–Trinajstić information content (AvgIpc) is 3.21. The van der Waals surface area contributed by atoms with E-state index < -0.39 is 6.10 Å². The molecule has 7 nitrogen and oxygen atoms in total. The van der Waals surface area contributed by atoms with Gasteiger partial charge in [0.25, 0.3) is 5.91 Å². The highest BCUT2D eigenvalue weighted by atomic mass is 16.5. The van der Waals surface area contributed by atoms with Gasteiger partial charge in [-0.2, -0.15) is 0 Å². The number of amides is 1. The van der Waals surface area contributed by atoms with Crippen LogP contribution in [0.2, 0.25) is 0 Å². The smallest absolute Gasteiger partial charge is 0.289 e. The minimum Gasteiger partial charge on any atom is -0.491 e. The van der Waals surface area contributed by atoms with Crippen LogP contribution in [-0.4, -0.2) is 72.0 Å². The molecule has 1 N–H and O–H groups in total. The lowest BCUT2D eigenvalue weighted by molar-refractivity contribution is 0.0389. The number of nitrogens with zero attached hydrogens (tertiary/aromatic N) is 2. The molecule has 2 heterocycles. The van der Waals surface area contributed by atoms with Crippen molar-refractivity contribution in [3.8, 4) is 5.75 Å². The van der Waals surface area contributed by atoms with Crippen LogP contribution in [0, 0.1) is 0 Å². The predicted octanol–water partition coefficient (Wildman–Crippen LogP) is 1.68. The molecule has 27 heavy (non-hydrogen) atoms. The molecule has 0 saturated carbocycles. The molecular formula is C20H24N2O5. The molecule has 0 aliphatic carbocycles. The second-order valence-corrected chi connectivity index (χ2v) is 6.62. The van der Waals surface area contributed by atoms with E-state index in [0.717, 1.165) is 0 Å². The van der Waals surface area contributed by atoms with Gasteiger partial charge in [0, 0.05) is 38.3 Å². The van der Waals surface area contributed by atoms with E-state index in [4.69, 9.17) is 9.15 Å². The fourth-order valence-corrected chi connectivity index (χ4v) is 3.02. The van der Waals surface area contributed by atoms with Crippen LogP contribution in [0.15, 0.2) is 47.1 Å². The van der Waals surface area contributed by atoms with E-state index in [0.29, 0.717) is 49.8 Å². The Balaban J connectivity index is 1.39. The van der Waals surface area contributed by atoms with Crippen LogP contribution in [0.1, 0.15) is 27.8 Å². The van der Waals surface area contributed by atoms with E-state index in [1.165, 1.54) is 13.2 Å². The number of aliphatic hydroxyl groups is 1. The van der Waals surface area contributed by atoms with Gasteiger partial charge in [0.15, 0.2) is 11.5 Å². The first-order valence-corrected chi connectivity index (χ1v) is 9.00. The average molecular weight is 372 g/mol. The molecule has 0 spiro atoms. The topological polar surface area (TPSA) is 83.2 Å². The Hall–Kier alpha value is -2.64. The van der Waals surface area contributed by atoms with Gasteiger partial charge in [0.2, 0.25) is 0 Å². The van der Waals surface area contributed by atoms with Crippen molar-refractivity contribution in [2.75, 3.05) is 39.3 Å². The number of aliphatic hydroxyl groups excluding tert-OH is 1. The highest BCUT2D eigenvalue weighted by Gasteiger charge is 2.24. The van der Waals surface area contributed by atoms with Crippen LogP contribution in [0.4, 0.5) is 0 Å². The Bertz CT molecular complexity index is 749. The van der Waals surface area contributed by atoms with Gasteiger partial charge in [0.1, 0.15) is 18.5 Å². The Labute approximate surface area is 158 Å². The third-order valence-electron chi connectivity index (χ3n) is 4.56. The number of β-amino-alcohol motifs (C(OH)–C–C–N with tert-alkyl or cyclic N) is 1. The number of furan rings is 1. The van der Waals surface area contributed by atoms with Crippen LogP contribution in [0.25, 0.3) is 0 Å². The number of piperazine rings is 1. The van der Waals surface area contributed by atoms with Crippen molar-refractivity contribution in [2.24, 2.45) is 0 Å². The normalized spacial score (nSPS) is 16.1. The summed E-state index contributed by atoms with van der Waals surface area (Å²) in [5.41, 5.74) is 0.630. The second-order valence-electron chi connectivity index (χ2n) is 6.62. The van der Waals surface area contributed by atoms with Gasteiger partial charge < -0.3 is 19.2 Å². The molecular weight excluding hydrogens is 348 g/mol. The van der Waals surface area contributed by atoms with E-state index >= 15 is 0 Å². The number of carbonyl (C=O) groups excluding carboxylic acids is 2. The zero-order valence-electron chi connectivity index (χ0n) is 15.3.